The summed E-state index contributed by atoms with van der Waals surface area (Å²) < 4.78 is 28.7. The average molecular weight is 561 g/mol. The van der Waals surface area contributed by atoms with Gasteiger partial charge in [0.15, 0.2) is 0 Å². The second-order valence-corrected chi connectivity index (χ2v) is 10.3. The van der Waals surface area contributed by atoms with Crippen molar-refractivity contribution < 1.29 is 33.9 Å². The molecule has 0 saturated carbocycles. The molecular formula is C31H48N2O7. The maximum atomic E-state index is 10.3. The third kappa shape index (κ3) is 11.0. The number of ether oxygens (including phenoxy) is 5. The standard InChI is InChI=1S/C31H48N2O7/c1-23(34)12-17-39-29-19-32-20-30(31(29)26-9-6-24(7-10-26)21-38-16-5-15-37-3)40-22-25-8-11-28(35)27(18-25)33-13-4-14-36-2/h6-11,18,23,29-35H,4-5,12-17,19-22H2,1-3H3/t23?,29-,30+,31+/m1/s1. The summed E-state index contributed by atoms with van der Waals surface area (Å²) >= 11 is 0. The minimum atomic E-state index is -0.406. The molecule has 40 heavy (non-hydrogen) atoms. The largest absolute Gasteiger partial charge is 0.506 e. The first-order valence-corrected chi connectivity index (χ1v) is 14.3. The molecule has 0 aromatic heterocycles. The van der Waals surface area contributed by atoms with E-state index in [4.69, 9.17) is 23.7 Å². The third-order valence-corrected chi connectivity index (χ3v) is 7.00. The summed E-state index contributed by atoms with van der Waals surface area (Å²) in [4.78, 5) is 0. The van der Waals surface area contributed by atoms with Gasteiger partial charge in [-0.1, -0.05) is 30.3 Å². The molecule has 9 nitrogen and oxygen atoms in total. The molecule has 0 radical (unpaired) electrons. The van der Waals surface area contributed by atoms with Crippen molar-refractivity contribution >= 4 is 5.69 Å². The van der Waals surface area contributed by atoms with Gasteiger partial charge in [0.2, 0.25) is 0 Å². The summed E-state index contributed by atoms with van der Waals surface area (Å²) in [6.45, 7) is 7.38. The fourth-order valence-corrected chi connectivity index (χ4v) is 4.79. The third-order valence-electron chi connectivity index (χ3n) is 7.00. The Morgan fingerprint density at radius 1 is 0.875 bits per heavy atom. The van der Waals surface area contributed by atoms with Crippen LogP contribution in [-0.4, -0.2) is 88.8 Å². The highest BCUT2D eigenvalue weighted by Crippen LogP contribution is 2.32. The number of methoxy groups -OCH3 is 2. The van der Waals surface area contributed by atoms with E-state index >= 15 is 0 Å². The summed E-state index contributed by atoms with van der Waals surface area (Å²) in [6, 6.07) is 14.0. The smallest absolute Gasteiger partial charge is 0.138 e. The number of phenolic OH excluding ortho intramolecular Hbond substituents is 1. The summed E-state index contributed by atoms with van der Waals surface area (Å²) in [5.74, 6) is 0.239. The van der Waals surface area contributed by atoms with E-state index in [0.29, 0.717) is 71.4 Å². The highest BCUT2D eigenvalue weighted by atomic mass is 16.5. The van der Waals surface area contributed by atoms with Gasteiger partial charge in [-0.2, -0.15) is 0 Å². The number of rotatable bonds is 19. The molecule has 1 fully saturated rings. The van der Waals surface area contributed by atoms with E-state index < -0.39 is 6.10 Å². The second kappa shape index (κ2) is 18.2. The average Bonchev–Trinajstić information content (AvgIpc) is 2.95. The maximum Gasteiger partial charge on any atom is 0.138 e. The van der Waals surface area contributed by atoms with E-state index in [2.05, 4.69) is 34.9 Å². The lowest BCUT2D eigenvalue weighted by Gasteiger charge is -2.39. The lowest BCUT2D eigenvalue weighted by atomic mass is 9.85. The summed E-state index contributed by atoms with van der Waals surface area (Å²) in [7, 11) is 3.38. The molecule has 2 aromatic carbocycles. The summed E-state index contributed by atoms with van der Waals surface area (Å²) in [5.41, 5.74) is 3.94. The van der Waals surface area contributed by atoms with Crippen LogP contribution in [-0.2, 0) is 36.9 Å². The van der Waals surface area contributed by atoms with Crippen LogP contribution < -0.4 is 10.6 Å². The molecule has 0 aliphatic carbocycles. The number of hydrogen-bond acceptors (Lipinski definition) is 9. The van der Waals surface area contributed by atoms with Gasteiger partial charge in [0.25, 0.3) is 0 Å². The van der Waals surface area contributed by atoms with Gasteiger partial charge in [-0.05, 0) is 55.0 Å². The minimum absolute atomic E-state index is 0.0238. The van der Waals surface area contributed by atoms with E-state index in [1.54, 1.807) is 27.2 Å². The Hall–Kier alpha value is -2.24. The monoisotopic (exact) mass is 560 g/mol. The van der Waals surface area contributed by atoms with Crippen LogP contribution in [0.3, 0.4) is 0 Å². The zero-order valence-electron chi connectivity index (χ0n) is 24.3. The van der Waals surface area contributed by atoms with Gasteiger partial charge in [0, 0.05) is 66.2 Å². The highest BCUT2D eigenvalue weighted by molar-refractivity contribution is 5.57. The van der Waals surface area contributed by atoms with Crippen LogP contribution in [0.15, 0.2) is 42.5 Å². The predicted molar refractivity (Wildman–Crippen MR) is 156 cm³/mol. The number of piperidine rings is 1. The normalized spacial score (nSPS) is 19.9. The molecule has 1 aliphatic rings. The van der Waals surface area contributed by atoms with Crippen molar-refractivity contribution in [1.82, 2.24) is 5.32 Å². The Morgan fingerprint density at radius 2 is 1.57 bits per heavy atom. The van der Waals surface area contributed by atoms with Crippen LogP contribution in [0.2, 0.25) is 0 Å². The van der Waals surface area contributed by atoms with Crippen LogP contribution in [0.1, 0.15) is 48.8 Å². The quantitative estimate of drug-likeness (QED) is 0.151. The van der Waals surface area contributed by atoms with Gasteiger partial charge < -0.3 is 44.5 Å². The molecule has 224 valence electrons. The first kappa shape index (κ1) is 32.3. The van der Waals surface area contributed by atoms with Crippen molar-refractivity contribution in [2.75, 3.05) is 65.6 Å². The minimum Gasteiger partial charge on any atom is -0.506 e. The van der Waals surface area contributed by atoms with Gasteiger partial charge >= 0.3 is 0 Å². The highest BCUT2D eigenvalue weighted by Gasteiger charge is 2.36. The molecule has 1 aliphatic heterocycles. The lowest BCUT2D eigenvalue weighted by Crippen LogP contribution is -2.50. The number of hydrogen-bond donors (Lipinski definition) is 4. The van der Waals surface area contributed by atoms with Gasteiger partial charge in [-0.3, -0.25) is 0 Å². The summed E-state index contributed by atoms with van der Waals surface area (Å²) in [5, 5.41) is 26.8. The molecule has 3 rings (SSSR count). The zero-order valence-corrected chi connectivity index (χ0v) is 24.3. The van der Waals surface area contributed by atoms with Crippen molar-refractivity contribution in [3.63, 3.8) is 0 Å². The molecule has 4 N–H and O–H groups in total. The van der Waals surface area contributed by atoms with Gasteiger partial charge in [-0.25, -0.2) is 0 Å². The van der Waals surface area contributed by atoms with E-state index in [1.807, 2.05) is 12.1 Å². The van der Waals surface area contributed by atoms with Crippen molar-refractivity contribution in [3.05, 3.63) is 59.2 Å². The Kier molecular flexibility index (Phi) is 14.7. The molecule has 1 heterocycles. The lowest BCUT2D eigenvalue weighted by molar-refractivity contribution is -0.0639. The molecule has 4 atom stereocenters. The molecule has 2 aromatic rings. The molecule has 0 spiro atoms. The van der Waals surface area contributed by atoms with Crippen molar-refractivity contribution in [3.8, 4) is 5.75 Å². The van der Waals surface area contributed by atoms with Crippen molar-refractivity contribution in [2.45, 2.75) is 63.6 Å². The fourth-order valence-electron chi connectivity index (χ4n) is 4.79. The SMILES string of the molecule is COCCCNc1cc(CO[C@H]2CNC[C@@H](OCCC(C)O)[C@@H]2c2ccc(COCCCOC)cc2)ccc1O. The van der Waals surface area contributed by atoms with Crippen molar-refractivity contribution in [2.24, 2.45) is 0 Å². The Labute approximate surface area is 239 Å². The fraction of sp³-hybridized carbons (Fsp3) is 0.613. The topological polar surface area (TPSA) is 111 Å². The number of nitrogens with one attached hydrogen (secondary N) is 2. The van der Waals surface area contributed by atoms with Gasteiger partial charge in [-0.15, -0.1) is 0 Å². The molecule has 1 saturated heterocycles. The first-order valence-electron chi connectivity index (χ1n) is 14.3. The molecule has 9 heteroatoms. The van der Waals surface area contributed by atoms with Crippen LogP contribution in [0.4, 0.5) is 5.69 Å². The predicted octanol–water partition coefficient (Wildman–Crippen LogP) is 3.82. The number of phenols is 1. The number of anilines is 1. The number of benzene rings is 2. The Balaban J connectivity index is 1.67. The van der Waals surface area contributed by atoms with Crippen LogP contribution >= 0.6 is 0 Å². The first-order chi connectivity index (χ1) is 19.5. The van der Waals surface area contributed by atoms with E-state index in [9.17, 15) is 10.2 Å². The Morgan fingerprint density at radius 3 is 2.30 bits per heavy atom. The number of aliphatic hydroxyl groups is 1. The molecule has 0 amide bonds. The van der Waals surface area contributed by atoms with Crippen LogP contribution in [0.25, 0.3) is 0 Å². The summed E-state index contributed by atoms with van der Waals surface area (Å²) in [6.07, 6.45) is 1.70. The molecule has 0 bridgehead atoms. The maximum absolute atomic E-state index is 10.3. The molecule has 1 unspecified atom stereocenters. The number of aliphatic hydroxyl groups excluding tert-OH is 1. The number of aromatic hydroxyl groups is 1. The van der Waals surface area contributed by atoms with Gasteiger partial charge in [0.1, 0.15) is 5.75 Å². The Bertz CT molecular complexity index is 957. The van der Waals surface area contributed by atoms with E-state index in [0.717, 1.165) is 29.5 Å². The van der Waals surface area contributed by atoms with Crippen LogP contribution in [0.5, 0.6) is 5.75 Å². The van der Waals surface area contributed by atoms with E-state index in [1.165, 1.54) is 0 Å². The second-order valence-electron chi connectivity index (χ2n) is 10.3. The van der Waals surface area contributed by atoms with Crippen molar-refractivity contribution in [1.29, 1.82) is 0 Å². The molecular weight excluding hydrogens is 512 g/mol. The zero-order chi connectivity index (χ0) is 28.6. The van der Waals surface area contributed by atoms with Crippen LogP contribution in [0, 0.1) is 0 Å². The van der Waals surface area contributed by atoms with E-state index in [-0.39, 0.29) is 23.9 Å². The van der Waals surface area contributed by atoms with Gasteiger partial charge in [0.05, 0.1) is 37.2 Å².